The predicted molar refractivity (Wildman–Crippen MR) is 78.5 cm³/mol. The molecule has 0 amide bonds. The van der Waals surface area contributed by atoms with Crippen LogP contribution in [0.2, 0.25) is 0 Å². The molecule has 3 nitrogen and oxygen atoms in total. The van der Waals surface area contributed by atoms with E-state index < -0.39 is 0 Å². The third-order valence-corrected chi connectivity index (χ3v) is 4.65. The first-order valence-corrected chi connectivity index (χ1v) is 7.05. The van der Waals surface area contributed by atoms with Crippen molar-refractivity contribution in [2.45, 2.75) is 57.7 Å². The highest BCUT2D eigenvalue weighted by atomic mass is 16.7. The van der Waals surface area contributed by atoms with Crippen LogP contribution >= 0.6 is 0 Å². The van der Waals surface area contributed by atoms with Crippen LogP contribution in [0.15, 0.2) is 18.2 Å². The second-order valence-corrected chi connectivity index (χ2v) is 6.75. The van der Waals surface area contributed by atoms with Gasteiger partial charge in [0.2, 0.25) is 0 Å². The lowest BCUT2D eigenvalue weighted by molar-refractivity contribution is 0.00578. The minimum absolute atomic E-state index is 0.289. The number of anilines is 1. The molecular formula is C15H22BNO2. The van der Waals surface area contributed by atoms with Gasteiger partial charge in [-0.1, -0.05) is 12.1 Å². The zero-order valence-electron chi connectivity index (χ0n) is 12.2. The van der Waals surface area contributed by atoms with Crippen molar-refractivity contribution >= 4 is 18.3 Å². The van der Waals surface area contributed by atoms with E-state index in [1.165, 1.54) is 18.4 Å². The number of rotatable bonds is 2. The SMILES string of the molecule is CC1(C)OB(c2ccc(N)c(C3CC3)c2)OC1(C)C. The highest BCUT2D eigenvalue weighted by molar-refractivity contribution is 6.62. The van der Waals surface area contributed by atoms with Gasteiger partial charge in [-0.05, 0) is 63.5 Å². The summed E-state index contributed by atoms with van der Waals surface area (Å²) in [5.74, 6) is 0.641. The Balaban J connectivity index is 1.90. The lowest BCUT2D eigenvalue weighted by Gasteiger charge is -2.32. The topological polar surface area (TPSA) is 44.5 Å². The molecule has 0 spiro atoms. The van der Waals surface area contributed by atoms with E-state index in [2.05, 4.69) is 33.8 Å². The quantitative estimate of drug-likeness (QED) is 0.655. The van der Waals surface area contributed by atoms with E-state index in [9.17, 15) is 0 Å². The number of hydrogen-bond donors (Lipinski definition) is 1. The van der Waals surface area contributed by atoms with Gasteiger partial charge in [0.25, 0.3) is 0 Å². The van der Waals surface area contributed by atoms with Gasteiger partial charge in [-0.3, -0.25) is 0 Å². The summed E-state index contributed by atoms with van der Waals surface area (Å²) in [5.41, 5.74) is 8.69. The lowest BCUT2D eigenvalue weighted by atomic mass is 9.78. The van der Waals surface area contributed by atoms with Gasteiger partial charge < -0.3 is 15.0 Å². The van der Waals surface area contributed by atoms with Crippen molar-refractivity contribution in [2.75, 3.05) is 5.73 Å². The van der Waals surface area contributed by atoms with Crippen LogP contribution in [0.25, 0.3) is 0 Å². The molecule has 0 radical (unpaired) electrons. The molecule has 2 N–H and O–H groups in total. The summed E-state index contributed by atoms with van der Waals surface area (Å²) in [5, 5.41) is 0. The van der Waals surface area contributed by atoms with Gasteiger partial charge >= 0.3 is 7.12 Å². The second-order valence-electron chi connectivity index (χ2n) is 6.75. The normalized spacial score (nSPS) is 24.7. The van der Waals surface area contributed by atoms with E-state index >= 15 is 0 Å². The molecule has 2 aliphatic rings. The highest BCUT2D eigenvalue weighted by Crippen LogP contribution is 2.42. The van der Waals surface area contributed by atoms with Gasteiger partial charge in [-0.25, -0.2) is 0 Å². The largest absolute Gasteiger partial charge is 0.494 e. The van der Waals surface area contributed by atoms with Crippen LogP contribution in [0.5, 0.6) is 0 Å². The van der Waals surface area contributed by atoms with Gasteiger partial charge in [0, 0.05) is 5.69 Å². The van der Waals surface area contributed by atoms with E-state index in [-0.39, 0.29) is 18.3 Å². The van der Waals surface area contributed by atoms with Crippen LogP contribution in [0, 0.1) is 0 Å². The summed E-state index contributed by atoms with van der Waals surface area (Å²) in [6.07, 6.45) is 2.49. The molecule has 2 fully saturated rings. The van der Waals surface area contributed by atoms with Crippen LogP contribution in [0.4, 0.5) is 5.69 Å². The highest BCUT2D eigenvalue weighted by Gasteiger charge is 2.51. The second kappa shape index (κ2) is 4.00. The molecule has 19 heavy (non-hydrogen) atoms. The van der Waals surface area contributed by atoms with Crippen molar-refractivity contribution in [1.29, 1.82) is 0 Å². The Labute approximate surface area is 115 Å². The van der Waals surface area contributed by atoms with Gasteiger partial charge in [0.05, 0.1) is 11.2 Å². The minimum atomic E-state index is -0.293. The molecule has 4 heteroatoms. The van der Waals surface area contributed by atoms with E-state index in [1.54, 1.807) is 0 Å². The van der Waals surface area contributed by atoms with E-state index in [0.717, 1.165) is 11.2 Å². The first-order valence-electron chi connectivity index (χ1n) is 7.05. The van der Waals surface area contributed by atoms with Crippen molar-refractivity contribution in [1.82, 2.24) is 0 Å². The molecule has 0 bridgehead atoms. The zero-order chi connectivity index (χ0) is 13.8. The van der Waals surface area contributed by atoms with E-state index in [1.807, 2.05) is 12.1 Å². The molecule has 0 aromatic heterocycles. The molecule has 3 rings (SSSR count). The standard InChI is InChI=1S/C15H22BNO2/c1-14(2)15(3,4)19-16(18-14)11-7-8-13(17)12(9-11)10-5-6-10/h7-10H,5-6,17H2,1-4H3. The van der Waals surface area contributed by atoms with E-state index in [4.69, 9.17) is 15.0 Å². The maximum atomic E-state index is 6.08. The van der Waals surface area contributed by atoms with Crippen molar-refractivity contribution < 1.29 is 9.31 Å². The van der Waals surface area contributed by atoms with Gasteiger partial charge in [0.1, 0.15) is 0 Å². The monoisotopic (exact) mass is 259 g/mol. The lowest BCUT2D eigenvalue weighted by Crippen LogP contribution is -2.41. The maximum Gasteiger partial charge on any atom is 0.494 e. The number of nitrogens with two attached hydrogens (primary N) is 1. The van der Waals surface area contributed by atoms with Gasteiger partial charge in [-0.15, -0.1) is 0 Å². The molecule has 1 aliphatic carbocycles. The van der Waals surface area contributed by atoms with Crippen molar-refractivity contribution in [3.05, 3.63) is 23.8 Å². The summed E-state index contributed by atoms with van der Waals surface area (Å²) < 4.78 is 12.2. The molecule has 0 unspecified atom stereocenters. The molecule has 102 valence electrons. The summed E-state index contributed by atoms with van der Waals surface area (Å²) in [7, 11) is -0.289. The minimum Gasteiger partial charge on any atom is -0.399 e. The van der Waals surface area contributed by atoms with Crippen LogP contribution < -0.4 is 11.2 Å². The molecule has 1 heterocycles. The molecule has 1 saturated heterocycles. The number of hydrogen-bond acceptors (Lipinski definition) is 3. The first-order chi connectivity index (χ1) is 8.80. The molecular weight excluding hydrogens is 237 g/mol. The van der Waals surface area contributed by atoms with Crippen LogP contribution in [-0.4, -0.2) is 18.3 Å². The molecule has 1 aliphatic heterocycles. The van der Waals surface area contributed by atoms with Crippen LogP contribution in [-0.2, 0) is 9.31 Å². The number of benzene rings is 1. The average Bonchev–Trinajstić information content (AvgIpc) is 3.08. The van der Waals surface area contributed by atoms with Crippen LogP contribution in [0.1, 0.15) is 52.0 Å². The number of nitrogen functional groups attached to an aromatic ring is 1. The Bertz CT molecular complexity index is 493. The Kier molecular flexibility index (Phi) is 2.74. The fraction of sp³-hybridized carbons (Fsp3) is 0.600. The predicted octanol–water partition coefficient (Wildman–Crippen LogP) is 2.45. The van der Waals surface area contributed by atoms with Crippen molar-refractivity contribution in [2.24, 2.45) is 0 Å². The van der Waals surface area contributed by atoms with Crippen molar-refractivity contribution in [3.8, 4) is 0 Å². The van der Waals surface area contributed by atoms with Gasteiger partial charge in [-0.2, -0.15) is 0 Å². The van der Waals surface area contributed by atoms with Gasteiger partial charge in [0.15, 0.2) is 0 Å². The summed E-state index contributed by atoms with van der Waals surface area (Å²) in [6.45, 7) is 8.30. The fourth-order valence-electron chi connectivity index (χ4n) is 2.47. The zero-order valence-corrected chi connectivity index (χ0v) is 12.2. The molecule has 1 saturated carbocycles. The fourth-order valence-corrected chi connectivity index (χ4v) is 2.47. The average molecular weight is 259 g/mol. The Morgan fingerprint density at radius 3 is 2.21 bits per heavy atom. The Morgan fingerprint density at radius 2 is 1.68 bits per heavy atom. The first kappa shape index (κ1) is 13.0. The molecule has 0 atom stereocenters. The van der Waals surface area contributed by atoms with Crippen LogP contribution in [0.3, 0.4) is 0 Å². The summed E-state index contributed by atoms with van der Waals surface area (Å²) >= 11 is 0. The smallest absolute Gasteiger partial charge is 0.399 e. The Morgan fingerprint density at radius 1 is 1.11 bits per heavy atom. The maximum absolute atomic E-state index is 6.08. The third-order valence-electron chi connectivity index (χ3n) is 4.65. The molecule has 1 aromatic carbocycles. The molecule has 1 aromatic rings. The van der Waals surface area contributed by atoms with E-state index in [0.29, 0.717) is 5.92 Å². The Hall–Kier alpha value is -0.995. The third kappa shape index (κ3) is 2.17. The summed E-state index contributed by atoms with van der Waals surface area (Å²) in [4.78, 5) is 0. The van der Waals surface area contributed by atoms with Crippen molar-refractivity contribution in [3.63, 3.8) is 0 Å². The summed E-state index contributed by atoms with van der Waals surface area (Å²) in [6, 6.07) is 6.16.